The second kappa shape index (κ2) is 4.13. The average molecular weight is 233 g/mol. The number of rotatable bonds is 2. The third-order valence-electron chi connectivity index (χ3n) is 4.21. The van der Waals surface area contributed by atoms with Crippen molar-refractivity contribution in [3.8, 4) is 0 Å². The van der Waals surface area contributed by atoms with Gasteiger partial charge in [-0.05, 0) is 43.2 Å². The number of para-hydroxylation sites is 1. The molecule has 90 valence electrons. The van der Waals surface area contributed by atoms with Crippen molar-refractivity contribution in [2.75, 3.05) is 5.32 Å². The minimum Gasteiger partial charge on any atom is -0.323 e. The number of carbonyl (C=O) groups excluding carboxylic acids is 1. The molecule has 0 aromatic heterocycles. The number of nitrogens with one attached hydrogen (secondary N) is 1. The zero-order valence-electron chi connectivity index (χ0n) is 9.66. The first-order valence-electron chi connectivity index (χ1n) is 6.29. The van der Waals surface area contributed by atoms with Gasteiger partial charge in [-0.1, -0.05) is 18.6 Å². The zero-order chi connectivity index (χ0) is 11.8. The van der Waals surface area contributed by atoms with Crippen LogP contribution in [0.1, 0.15) is 25.7 Å². The van der Waals surface area contributed by atoms with Gasteiger partial charge in [-0.15, -0.1) is 0 Å². The Morgan fingerprint density at radius 2 is 2.06 bits per heavy atom. The maximum Gasteiger partial charge on any atom is 0.227 e. The van der Waals surface area contributed by atoms with E-state index in [1.807, 2.05) is 0 Å². The summed E-state index contributed by atoms with van der Waals surface area (Å²) in [6, 6.07) is 6.35. The molecule has 0 aliphatic heterocycles. The Labute approximate surface area is 100 Å². The Hall–Kier alpha value is -1.38. The van der Waals surface area contributed by atoms with Crippen LogP contribution in [0.25, 0.3) is 0 Å². The van der Waals surface area contributed by atoms with E-state index in [-0.39, 0.29) is 17.6 Å². The first-order chi connectivity index (χ1) is 8.24. The van der Waals surface area contributed by atoms with E-state index in [4.69, 9.17) is 0 Å². The Balaban J connectivity index is 1.70. The number of amides is 1. The summed E-state index contributed by atoms with van der Waals surface area (Å²) in [4.78, 5) is 12.1. The van der Waals surface area contributed by atoms with Crippen LogP contribution in [0.2, 0.25) is 0 Å². The zero-order valence-corrected chi connectivity index (χ0v) is 9.66. The van der Waals surface area contributed by atoms with E-state index >= 15 is 0 Å². The summed E-state index contributed by atoms with van der Waals surface area (Å²) in [5.41, 5.74) is 0.306. The summed E-state index contributed by atoms with van der Waals surface area (Å²) >= 11 is 0. The minimum absolute atomic E-state index is 0.00213. The summed E-state index contributed by atoms with van der Waals surface area (Å²) in [6.07, 6.45) is 4.62. The molecular formula is C14H16FNO. The number of hydrogen-bond donors (Lipinski definition) is 1. The number of anilines is 1. The van der Waals surface area contributed by atoms with Gasteiger partial charge in [0.25, 0.3) is 0 Å². The molecule has 1 N–H and O–H groups in total. The molecule has 0 unspecified atom stereocenters. The SMILES string of the molecule is O=C(Nc1ccccc1F)[C@H]1C[C@H]2CC[C@@H]1C2. The fraction of sp³-hybridized carbons (Fsp3) is 0.500. The van der Waals surface area contributed by atoms with E-state index in [9.17, 15) is 9.18 Å². The molecule has 17 heavy (non-hydrogen) atoms. The predicted octanol–water partition coefficient (Wildman–Crippen LogP) is 3.20. The van der Waals surface area contributed by atoms with Crippen LogP contribution in [0.4, 0.5) is 10.1 Å². The highest BCUT2D eigenvalue weighted by molar-refractivity contribution is 5.93. The summed E-state index contributed by atoms with van der Waals surface area (Å²) < 4.78 is 13.4. The molecule has 1 aromatic carbocycles. The van der Waals surface area contributed by atoms with Crippen LogP contribution in [-0.2, 0) is 4.79 Å². The fourth-order valence-corrected chi connectivity index (χ4v) is 3.35. The van der Waals surface area contributed by atoms with Crippen molar-refractivity contribution in [1.29, 1.82) is 0 Å². The molecule has 3 heteroatoms. The van der Waals surface area contributed by atoms with E-state index in [1.165, 1.54) is 25.3 Å². The standard InChI is InChI=1S/C14H16FNO/c15-12-3-1-2-4-13(12)16-14(17)11-8-9-5-6-10(11)7-9/h1-4,9-11H,5-8H2,(H,16,17)/t9-,10+,11-/m0/s1. The molecule has 0 heterocycles. The van der Waals surface area contributed by atoms with Crippen LogP contribution < -0.4 is 5.32 Å². The molecule has 1 aromatic rings. The number of carbonyl (C=O) groups is 1. The van der Waals surface area contributed by atoms with Crippen molar-refractivity contribution in [3.05, 3.63) is 30.1 Å². The molecule has 2 fully saturated rings. The number of benzene rings is 1. The highest BCUT2D eigenvalue weighted by Gasteiger charge is 2.43. The molecule has 2 saturated carbocycles. The monoisotopic (exact) mass is 233 g/mol. The van der Waals surface area contributed by atoms with Gasteiger partial charge in [-0.3, -0.25) is 4.79 Å². The predicted molar refractivity (Wildman–Crippen MR) is 64.0 cm³/mol. The lowest BCUT2D eigenvalue weighted by Crippen LogP contribution is -2.27. The van der Waals surface area contributed by atoms with Gasteiger partial charge in [0.1, 0.15) is 5.82 Å². The van der Waals surface area contributed by atoms with Gasteiger partial charge in [-0.25, -0.2) is 4.39 Å². The second-order valence-electron chi connectivity index (χ2n) is 5.25. The molecule has 0 saturated heterocycles. The van der Waals surface area contributed by atoms with Gasteiger partial charge in [0.15, 0.2) is 0 Å². The molecule has 0 radical (unpaired) electrons. The van der Waals surface area contributed by atoms with Crippen molar-refractivity contribution in [1.82, 2.24) is 0 Å². The average Bonchev–Trinajstić information content (AvgIpc) is 2.94. The minimum atomic E-state index is -0.357. The summed E-state index contributed by atoms with van der Waals surface area (Å²) in [7, 11) is 0. The molecule has 2 nitrogen and oxygen atoms in total. The largest absolute Gasteiger partial charge is 0.323 e. The summed E-state index contributed by atoms with van der Waals surface area (Å²) in [6.45, 7) is 0. The molecule has 3 atom stereocenters. The molecule has 2 aliphatic rings. The second-order valence-corrected chi connectivity index (χ2v) is 5.25. The lowest BCUT2D eigenvalue weighted by molar-refractivity contribution is -0.121. The Kier molecular flexibility index (Phi) is 2.61. The van der Waals surface area contributed by atoms with Crippen molar-refractivity contribution in [2.45, 2.75) is 25.7 Å². The third kappa shape index (κ3) is 1.94. The number of hydrogen-bond acceptors (Lipinski definition) is 1. The van der Waals surface area contributed by atoms with Gasteiger partial charge >= 0.3 is 0 Å². The van der Waals surface area contributed by atoms with Gasteiger partial charge in [0.2, 0.25) is 5.91 Å². The van der Waals surface area contributed by atoms with Crippen LogP contribution in [-0.4, -0.2) is 5.91 Å². The molecule has 2 aliphatic carbocycles. The quantitative estimate of drug-likeness (QED) is 0.835. The first-order valence-corrected chi connectivity index (χ1v) is 6.29. The molecule has 2 bridgehead atoms. The fourth-order valence-electron chi connectivity index (χ4n) is 3.35. The van der Waals surface area contributed by atoms with E-state index < -0.39 is 0 Å². The molecule has 3 rings (SSSR count). The van der Waals surface area contributed by atoms with E-state index in [2.05, 4.69) is 5.32 Å². The van der Waals surface area contributed by atoms with Gasteiger partial charge < -0.3 is 5.32 Å². The van der Waals surface area contributed by atoms with Crippen molar-refractivity contribution < 1.29 is 9.18 Å². The van der Waals surface area contributed by atoms with Crippen LogP contribution in [0.15, 0.2) is 24.3 Å². The lowest BCUT2D eigenvalue weighted by Gasteiger charge is -2.20. The summed E-state index contributed by atoms with van der Waals surface area (Å²) in [5.74, 6) is 1.02. The third-order valence-corrected chi connectivity index (χ3v) is 4.21. The van der Waals surface area contributed by atoms with Crippen LogP contribution in [0, 0.1) is 23.6 Å². The number of halogens is 1. The van der Waals surface area contributed by atoms with E-state index in [0.29, 0.717) is 11.6 Å². The van der Waals surface area contributed by atoms with Crippen LogP contribution >= 0.6 is 0 Å². The van der Waals surface area contributed by atoms with Crippen molar-refractivity contribution >= 4 is 11.6 Å². The maximum atomic E-state index is 13.4. The first kappa shape index (κ1) is 10.8. The smallest absolute Gasteiger partial charge is 0.227 e. The Morgan fingerprint density at radius 1 is 1.24 bits per heavy atom. The van der Waals surface area contributed by atoms with Crippen molar-refractivity contribution in [2.24, 2.45) is 17.8 Å². The highest BCUT2D eigenvalue weighted by atomic mass is 19.1. The summed E-state index contributed by atoms with van der Waals surface area (Å²) in [5, 5.41) is 2.72. The van der Waals surface area contributed by atoms with Crippen LogP contribution in [0.3, 0.4) is 0 Å². The van der Waals surface area contributed by atoms with E-state index in [1.54, 1.807) is 18.2 Å². The topological polar surface area (TPSA) is 29.1 Å². The molecular weight excluding hydrogens is 217 g/mol. The van der Waals surface area contributed by atoms with Gasteiger partial charge in [0, 0.05) is 5.92 Å². The Bertz CT molecular complexity index is 446. The van der Waals surface area contributed by atoms with Crippen molar-refractivity contribution in [3.63, 3.8) is 0 Å². The van der Waals surface area contributed by atoms with E-state index in [0.717, 1.165) is 12.3 Å². The van der Waals surface area contributed by atoms with Crippen LogP contribution in [0.5, 0.6) is 0 Å². The van der Waals surface area contributed by atoms with Gasteiger partial charge in [0.05, 0.1) is 5.69 Å². The maximum absolute atomic E-state index is 13.4. The normalized spacial score (nSPS) is 30.5. The van der Waals surface area contributed by atoms with Gasteiger partial charge in [-0.2, -0.15) is 0 Å². The Morgan fingerprint density at radius 3 is 2.71 bits per heavy atom. The number of fused-ring (bicyclic) bond motifs is 2. The molecule has 1 amide bonds. The highest BCUT2D eigenvalue weighted by Crippen LogP contribution is 2.48. The molecule has 0 spiro atoms. The lowest BCUT2D eigenvalue weighted by atomic mass is 9.88.